The molecule has 0 radical (unpaired) electrons. The molecular weight excluding hydrogens is 300 g/mol. The van der Waals surface area contributed by atoms with Gasteiger partial charge in [-0.2, -0.15) is 0 Å². The van der Waals surface area contributed by atoms with Crippen molar-refractivity contribution in [2.24, 2.45) is 0 Å². The third-order valence-electron chi connectivity index (χ3n) is 3.65. The lowest BCUT2D eigenvalue weighted by Gasteiger charge is -2.08. The molecule has 1 heterocycles. The number of anilines is 1. The predicted molar refractivity (Wildman–Crippen MR) is 97.1 cm³/mol. The molecule has 0 saturated carbocycles. The number of para-hydroxylation sites is 1. The van der Waals surface area contributed by atoms with Crippen LogP contribution in [-0.2, 0) is 4.79 Å². The highest BCUT2D eigenvalue weighted by atomic mass is 16.5. The van der Waals surface area contributed by atoms with Crippen molar-refractivity contribution in [3.8, 4) is 5.75 Å². The fraction of sp³-hybridized carbons (Fsp3) is 0.100. The van der Waals surface area contributed by atoms with Crippen molar-refractivity contribution in [2.45, 2.75) is 6.92 Å². The van der Waals surface area contributed by atoms with E-state index in [1.165, 1.54) is 6.08 Å². The Bertz CT molecular complexity index is 899. The van der Waals surface area contributed by atoms with Crippen LogP contribution in [0.15, 0.2) is 60.7 Å². The fourth-order valence-corrected chi connectivity index (χ4v) is 2.47. The maximum absolute atomic E-state index is 12.2. The smallest absolute Gasteiger partial charge is 0.248 e. The number of carbonyl (C=O) groups is 1. The van der Waals surface area contributed by atoms with E-state index in [-0.39, 0.29) is 5.91 Å². The number of fused-ring (bicyclic) bond motifs is 1. The largest absolute Gasteiger partial charge is 0.497 e. The molecule has 0 aliphatic carbocycles. The zero-order chi connectivity index (χ0) is 16.9. The summed E-state index contributed by atoms with van der Waals surface area (Å²) >= 11 is 0. The number of hydrogen-bond acceptors (Lipinski definition) is 3. The van der Waals surface area contributed by atoms with Crippen LogP contribution in [0.5, 0.6) is 5.75 Å². The second-order valence-corrected chi connectivity index (χ2v) is 5.42. The fourth-order valence-electron chi connectivity index (χ4n) is 2.47. The van der Waals surface area contributed by atoms with E-state index in [1.807, 2.05) is 61.5 Å². The molecule has 1 amide bonds. The monoisotopic (exact) mass is 318 g/mol. The number of nitrogens with one attached hydrogen (secondary N) is 1. The van der Waals surface area contributed by atoms with Gasteiger partial charge in [0.05, 0.1) is 18.3 Å². The minimum Gasteiger partial charge on any atom is -0.497 e. The highest BCUT2D eigenvalue weighted by molar-refractivity contribution is 6.07. The Morgan fingerprint density at radius 1 is 1.12 bits per heavy atom. The van der Waals surface area contributed by atoms with Crippen molar-refractivity contribution in [2.75, 3.05) is 12.4 Å². The van der Waals surface area contributed by atoms with Gasteiger partial charge >= 0.3 is 0 Å². The summed E-state index contributed by atoms with van der Waals surface area (Å²) in [5, 5.41) is 3.85. The quantitative estimate of drug-likeness (QED) is 0.733. The number of pyridine rings is 1. The van der Waals surface area contributed by atoms with Crippen LogP contribution in [-0.4, -0.2) is 18.0 Å². The normalized spacial score (nSPS) is 10.9. The second kappa shape index (κ2) is 6.96. The van der Waals surface area contributed by atoms with Crippen molar-refractivity contribution < 1.29 is 9.53 Å². The van der Waals surface area contributed by atoms with Crippen molar-refractivity contribution in [3.63, 3.8) is 0 Å². The first-order valence-corrected chi connectivity index (χ1v) is 7.65. The lowest BCUT2D eigenvalue weighted by atomic mass is 10.1. The van der Waals surface area contributed by atoms with Crippen LogP contribution >= 0.6 is 0 Å². The topological polar surface area (TPSA) is 51.2 Å². The average molecular weight is 318 g/mol. The number of rotatable bonds is 4. The second-order valence-electron chi connectivity index (χ2n) is 5.42. The molecule has 1 aromatic heterocycles. The van der Waals surface area contributed by atoms with Crippen LogP contribution in [0.25, 0.3) is 17.0 Å². The molecule has 4 nitrogen and oxygen atoms in total. The summed E-state index contributed by atoms with van der Waals surface area (Å²) in [6.07, 6.45) is 3.29. The van der Waals surface area contributed by atoms with Crippen LogP contribution in [0.3, 0.4) is 0 Å². The van der Waals surface area contributed by atoms with E-state index in [4.69, 9.17) is 4.74 Å². The number of aromatic nitrogens is 1. The van der Waals surface area contributed by atoms with Crippen molar-refractivity contribution in [3.05, 3.63) is 71.9 Å². The van der Waals surface area contributed by atoms with Crippen molar-refractivity contribution in [1.82, 2.24) is 4.98 Å². The summed E-state index contributed by atoms with van der Waals surface area (Å²) in [4.78, 5) is 16.7. The Morgan fingerprint density at radius 3 is 2.62 bits per heavy atom. The number of benzene rings is 2. The number of amides is 1. The maximum Gasteiger partial charge on any atom is 0.248 e. The van der Waals surface area contributed by atoms with E-state index in [0.717, 1.165) is 33.6 Å². The van der Waals surface area contributed by atoms with Crippen LogP contribution in [0.4, 0.5) is 5.69 Å². The molecule has 4 heteroatoms. The standard InChI is InChI=1S/C20H18N2O2/c1-14-13-19(17-5-3-4-6-18(17)21-14)22-20(23)12-9-15-7-10-16(24-2)11-8-15/h3-13H,1-2H3,(H,21,22,23)/b12-9-. The molecule has 120 valence electrons. The first-order valence-electron chi connectivity index (χ1n) is 7.65. The highest BCUT2D eigenvalue weighted by Gasteiger charge is 2.05. The van der Waals surface area contributed by atoms with Gasteiger partial charge < -0.3 is 10.1 Å². The van der Waals surface area contributed by atoms with Gasteiger partial charge in [0.1, 0.15) is 5.75 Å². The summed E-state index contributed by atoms with van der Waals surface area (Å²) in [5.41, 5.74) is 3.43. The van der Waals surface area contributed by atoms with Gasteiger partial charge in [-0.25, -0.2) is 0 Å². The molecule has 3 rings (SSSR count). The maximum atomic E-state index is 12.2. The Morgan fingerprint density at radius 2 is 1.88 bits per heavy atom. The molecule has 0 spiro atoms. The number of hydrogen-bond donors (Lipinski definition) is 1. The minimum absolute atomic E-state index is 0.179. The molecule has 0 bridgehead atoms. The van der Waals surface area contributed by atoms with E-state index in [2.05, 4.69) is 10.3 Å². The predicted octanol–water partition coefficient (Wildman–Crippen LogP) is 4.20. The van der Waals surface area contributed by atoms with Crippen LogP contribution in [0.2, 0.25) is 0 Å². The summed E-state index contributed by atoms with van der Waals surface area (Å²) < 4.78 is 5.12. The summed E-state index contributed by atoms with van der Waals surface area (Å²) in [5.74, 6) is 0.608. The van der Waals surface area contributed by atoms with Gasteiger partial charge in [-0.3, -0.25) is 9.78 Å². The van der Waals surface area contributed by atoms with Gasteiger partial charge in [0.25, 0.3) is 0 Å². The Kier molecular flexibility index (Phi) is 4.57. The lowest BCUT2D eigenvalue weighted by molar-refractivity contribution is -0.111. The Balaban J connectivity index is 1.78. The van der Waals surface area contributed by atoms with Gasteiger partial charge in [0.2, 0.25) is 5.91 Å². The number of aryl methyl sites for hydroxylation is 1. The molecule has 0 aliphatic heterocycles. The van der Waals surface area contributed by atoms with E-state index >= 15 is 0 Å². The zero-order valence-corrected chi connectivity index (χ0v) is 13.6. The molecule has 0 aliphatic rings. The first kappa shape index (κ1) is 15.7. The highest BCUT2D eigenvalue weighted by Crippen LogP contribution is 2.23. The van der Waals surface area contributed by atoms with Gasteiger partial charge in [0, 0.05) is 17.2 Å². The molecule has 0 fully saturated rings. The van der Waals surface area contributed by atoms with E-state index in [9.17, 15) is 4.79 Å². The minimum atomic E-state index is -0.179. The molecule has 3 aromatic rings. The number of nitrogens with zero attached hydrogens (tertiary/aromatic N) is 1. The summed E-state index contributed by atoms with van der Waals surface area (Å²) in [7, 11) is 1.62. The molecule has 0 saturated heterocycles. The third-order valence-corrected chi connectivity index (χ3v) is 3.65. The molecular formula is C20H18N2O2. The number of methoxy groups -OCH3 is 1. The average Bonchev–Trinajstić information content (AvgIpc) is 2.60. The third kappa shape index (κ3) is 3.60. The van der Waals surface area contributed by atoms with Crippen LogP contribution in [0.1, 0.15) is 11.3 Å². The van der Waals surface area contributed by atoms with E-state index in [1.54, 1.807) is 13.2 Å². The van der Waals surface area contributed by atoms with Gasteiger partial charge in [0.15, 0.2) is 0 Å². The zero-order valence-electron chi connectivity index (χ0n) is 13.6. The lowest BCUT2D eigenvalue weighted by Crippen LogP contribution is -2.08. The van der Waals surface area contributed by atoms with E-state index in [0.29, 0.717) is 0 Å². The molecule has 2 aromatic carbocycles. The summed E-state index contributed by atoms with van der Waals surface area (Å²) in [6.45, 7) is 1.91. The molecule has 0 unspecified atom stereocenters. The van der Waals surface area contributed by atoms with Gasteiger partial charge in [-0.1, -0.05) is 30.3 Å². The number of carbonyl (C=O) groups excluding carboxylic acids is 1. The SMILES string of the molecule is COc1ccc(/C=C\C(=O)Nc2cc(C)nc3ccccc23)cc1. The molecule has 0 atom stereocenters. The van der Waals surface area contributed by atoms with Crippen molar-refractivity contribution >= 4 is 28.6 Å². The van der Waals surface area contributed by atoms with Gasteiger partial charge in [-0.05, 0) is 42.8 Å². The van der Waals surface area contributed by atoms with Gasteiger partial charge in [-0.15, -0.1) is 0 Å². The Labute approximate surface area is 140 Å². The number of ether oxygens (including phenoxy) is 1. The summed E-state index contributed by atoms with van der Waals surface area (Å²) in [6, 6.07) is 17.1. The first-order chi connectivity index (χ1) is 11.7. The van der Waals surface area contributed by atoms with E-state index < -0.39 is 0 Å². The van der Waals surface area contributed by atoms with Crippen LogP contribution < -0.4 is 10.1 Å². The Hall–Kier alpha value is -3.14. The molecule has 1 N–H and O–H groups in total. The molecule has 24 heavy (non-hydrogen) atoms. The van der Waals surface area contributed by atoms with Crippen LogP contribution in [0, 0.1) is 6.92 Å². The van der Waals surface area contributed by atoms with Crippen molar-refractivity contribution in [1.29, 1.82) is 0 Å².